The molecule has 0 saturated heterocycles. The summed E-state index contributed by atoms with van der Waals surface area (Å²) < 4.78 is 60.2. The van der Waals surface area contributed by atoms with Crippen molar-refractivity contribution in [2.45, 2.75) is 234 Å². The van der Waals surface area contributed by atoms with Gasteiger partial charge in [-0.15, -0.1) is 0 Å². The molecule has 4 aromatic rings. The first-order valence-electron chi connectivity index (χ1n) is 35.7. The SMILES string of the molecule is C=C(C)C(=O)OCCOc1c2cc(CCCCCCC)cc1Cc1cc(CCCCCCC)cc(c1OCCOC(=O)CC(=O)OC)Cc1cc(CCCCCCC)cc(c1OCCOC(=O)C(=C)C)Cc1cc(CCCCCCC)cc(c1OCCOC(=O)CC(=O)OC)C2. The monoisotopic (exact) mass is 1330 g/mol. The van der Waals surface area contributed by atoms with Crippen molar-refractivity contribution in [2.24, 2.45) is 0 Å². The molecule has 0 heterocycles. The molecule has 16 heteroatoms. The number of carbonyl (C=O) groups is 6. The van der Waals surface area contributed by atoms with Crippen LogP contribution in [-0.2, 0) is 109 Å². The van der Waals surface area contributed by atoms with Gasteiger partial charge < -0.3 is 47.4 Å². The Balaban J connectivity index is 1.94. The summed E-state index contributed by atoms with van der Waals surface area (Å²) in [5.74, 6) is -1.43. The second-order valence-electron chi connectivity index (χ2n) is 25.5. The standard InChI is InChI=1S/C80H112O16/c1-11-15-19-23-27-31-59-43-63-51-67-47-61(33-29-25-21-17-13-3)49-69(77(67)93-39-41-95-79(85)57(5)6)53-65-45-60(32-28-24-20-16-12-2)46-66(76(65)92-38-36-90-74(84)56-72(82)88-10)54-70-50-62(34-30-26-22-18-14-4)48-68(78(70)94-40-42-96-80(86)58(7)8)52-64(44-59)75(63)91-37-35-89-73(83)55-71(81)87-9/h43-50H,5,7,11-42,51-56H2,1-4,6,8-10H3. The van der Waals surface area contributed by atoms with Crippen molar-refractivity contribution in [1.82, 2.24) is 0 Å². The lowest BCUT2D eigenvalue weighted by atomic mass is 9.87. The molecule has 0 saturated carbocycles. The van der Waals surface area contributed by atoms with Gasteiger partial charge in [-0.25, -0.2) is 9.59 Å². The van der Waals surface area contributed by atoms with Gasteiger partial charge in [0.2, 0.25) is 0 Å². The molecule has 1 aliphatic carbocycles. The van der Waals surface area contributed by atoms with Gasteiger partial charge in [-0.3, -0.25) is 19.2 Å². The fourth-order valence-electron chi connectivity index (χ4n) is 12.1. The van der Waals surface area contributed by atoms with Crippen LogP contribution in [0.2, 0.25) is 0 Å². The average Bonchev–Trinajstić information content (AvgIpc) is 0.779. The van der Waals surface area contributed by atoms with E-state index < -0.39 is 48.7 Å². The van der Waals surface area contributed by atoms with Crippen LogP contribution in [0.3, 0.4) is 0 Å². The molecule has 0 N–H and O–H groups in total. The fourth-order valence-corrected chi connectivity index (χ4v) is 12.1. The Bertz CT molecular complexity index is 2830. The minimum atomic E-state index is -0.730. The summed E-state index contributed by atoms with van der Waals surface area (Å²) in [6, 6.07) is 18.0. The number of ether oxygens (including phenoxy) is 10. The van der Waals surface area contributed by atoms with Crippen molar-refractivity contribution in [3.63, 3.8) is 0 Å². The van der Waals surface area contributed by atoms with E-state index in [0.717, 1.165) is 221 Å². The zero-order valence-corrected chi connectivity index (χ0v) is 59.4. The van der Waals surface area contributed by atoms with E-state index in [1.54, 1.807) is 13.8 Å². The highest BCUT2D eigenvalue weighted by Gasteiger charge is 2.26. The molecule has 0 amide bonds. The summed E-state index contributed by atoms with van der Waals surface area (Å²) in [5, 5.41) is 0. The van der Waals surface area contributed by atoms with Crippen molar-refractivity contribution in [1.29, 1.82) is 0 Å². The van der Waals surface area contributed by atoms with Gasteiger partial charge in [0, 0.05) is 36.8 Å². The molecular formula is C80H112O16. The highest BCUT2D eigenvalue weighted by molar-refractivity contribution is 5.91. The Morgan fingerprint density at radius 1 is 0.312 bits per heavy atom. The third-order valence-electron chi connectivity index (χ3n) is 17.1. The zero-order chi connectivity index (χ0) is 69.5. The van der Waals surface area contributed by atoms with Gasteiger partial charge in [0.15, 0.2) is 0 Å². The van der Waals surface area contributed by atoms with E-state index in [4.69, 9.17) is 47.4 Å². The van der Waals surface area contributed by atoms with Gasteiger partial charge in [0.1, 0.15) is 88.7 Å². The van der Waals surface area contributed by atoms with Crippen molar-refractivity contribution in [3.8, 4) is 23.0 Å². The number of benzene rings is 4. The maximum atomic E-state index is 13.0. The van der Waals surface area contributed by atoms with Crippen LogP contribution in [0.25, 0.3) is 0 Å². The van der Waals surface area contributed by atoms with Gasteiger partial charge in [-0.05, 0) is 132 Å². The lowest BCUT2D eigenvalue weighted by Gasteiger charge is -2.25. The molecule has 0 unspecified atom stereocenters. The normalized spacial score (nSPS) is 11.7. The Morgan fingerprint density at radius 3 is 0.740 bits per heavy atom. The molecule has 4 aromatic carbocycles. The summed E-state index contributed by atoms with van der Waals surface area (Å²) in [6.07, 6.45) is 25.2. The number of hydrogen-bond acceptors (Lipinski definition) is 16. The van der Waals surface area contributed by atoms with E-state index >= 15 is 0 Å². The van der Waals surface area contributed by atoms with Crippen LogP contribution < -0.4 is 18.9 Å². The van der Waals surface area contributed by atoms with Gasteiger partial charge in [-0.2, -0.15) is 0 Å². The third-order valence-corrected chi connectivity index (χ3v) is 17.1. The molecule has 0 radical (unpaired) electrons. The molecule has 0 atom stereocenters. The maximum Gasteiger partial charge on any atom is 0.333 e. The Hall–Kier alpha value is -7.62. The summed E-state index contributed by atoms with van der Waals surface area (Å²) >= 11 is 0. The first-order chi connectivity index (χ1) is 46.5. The molecule has 5 rings (SSSR count). The second kappa shape index (κ2) is 45.0. The van der Waals surface area contributed by atoms with Crippen molar-refractivity contribution < 1.29 is 76.1 Å². The molecule has 8 bridgehead atoms. The molecular weight excluding hydrogens is 1220 g/mol. The minimum Gasteiger partial charge on any atom is -0.489 e. The number of esters is 6. The number of unbranched alkanes of at least 4 members (excludes halogenated alkanes) is 16. The largest absolute Gasteiger partial charge is 0.489 e. The van der Waals surface area contributed by atoms with Crippen LogP contribution in [-0.4, -0.2) is 103 Å². The molecule has 0 aromatic heterocycles. The lowest BCUT2D eigenvalue weighted by Crippen LogP contribution is -2.18. The number of methoxy groups -OCH3 is 2. The number of hydrogen-bond donors (Lipinski definition) is 0. The minimum absolute atomic E-state index is 0.0346. The number of fused-ring (bicyclic) bond motifs is 8. The Morgan fingerprint density at radius 2 is 0.531 bits per heavy atom. The Kier molecular flexibility index (Phi) is 37.1. The van der Waals surface area contributed by atoms with Crippen LogP contribution in [0.15, 0.2) is 72.8 Å². The lowest BCUT2D eigenvalue weighted by molar-refractivity contribution is -0.155. The second-order valence-corrected chi connectivity index (χ2v) is 25.5. The fraction of sp³-hybridized carbons (Fsp3) is 0.575. The maximum absolute atomic E-state index is 13.0. The van der Waals surface area contributed by atoms with Crippen LogP contribution in [0, 0.1) is 0 Å². The zero-order valence-electron chi connectivity index (χ0n) is 59.4. The summed E-state index contributed by atoms with van der Waals surface area (Å²) in [4.78, 5) is 76.0. The van der Waals surface area contributed by atoms with E-state index in [-0.39, 0.29) is 64.0 Å². The molecule has 0 fully saturated rings. The van der Waals surface area contributed by atoms with Gasteiger partial charge in [0.25, 0.3) is 0 Å². The van der Waals surface area contributed by atoms with Gasteiger partial charge in [-0.1, -0.05) is 192 Å². The van der Waals surface area contributed by atoms with Crippen LogP contribution in [0.1, 0.15) is 250 Å². The average molecular weight is 1330 g/mol. The molecule has 0 aliphatic heterocycles. The van der Waals surface area contributed by atoms with E-state index in [1.807, 2.05) is 0 Å². The van der Waals surface area contributed by atoms with Crippen LogP contribution in [0.4, 0.5) is 0 Å². The number of rotatable bonds is 46. The first-order valence-corrected chi connectivity index (χ1v) is 35.7. The van der Waals surface area contributed by atoms with Crippen molar-refractivity contribution >= 4 is 35.8 Å². The summed E-state index contributed by atoms with van der Waals surface area (Å²) in [6.45, 7) is 19.4. The topological polar surface area (TPSA) is 195 Å². The smallest absolute Gasteiger partial charge is 0.333 e. The molecule has 0 spiro atoms. The van der Waals surface area contributed by atoms with E-state index in [1.165, 1.54) is 14.2 Å². The first kappa shape index (κ1) is 79.1. The summed E-state index contributed by atoms with van der Waals surface area (Å²) in [7, 11) is 2.45. The van der Waals surface area contributed by atoms with Gasteiger partial charge >= 0.3 is 35.8 Å². The Labute approximate surface area is 573 Å². The molecule has 528 valence electrons. The van der Waals surface area contributed by atoms with E-state index in [0.29, 0.717) is 48.7 Å². The molecule has 96 heavy (non-hydrogen) atoms. The summed E-state index contributed by atoms with van der Waals surface area (Å²) in [5.41, 5.74) is 12.2. The van der Waals surface area contributed by atoms with Crippen molar-refractivity contribution in [2.75, 3.05) is 67.1 Å². The number of carbonyl (C=O) groups excluding carboxylic acids is 6. The highest BCUT2D eigenvalue weighted by atomic mass is 16.6. The predicted octanol–water partition coefficient (Wildman–Crippen LogP) is 16.4. The van der Waals surface area contributed by atoms with E-state index in [2.05, 4.69) is 89.4 Å². The molecule has 16 nitrogen and oxygen atoms in total. The van der Waals surface area contributed by atoms with Crippen LogP contribution >= 0.6 is 0 Å². The van der Waals surface area contributed by atoms with E-state index in [9.17, 15) is 28.8 Å². The van der Waals surface area contributed by atoms with Crippen LogP contribution in [0.5, 0.6) is 23.0 Å². The number of aryl methyl sites for hydroxylation is 4. The van der Waals surface area contributed by atoms with Gasteiger partial charge in [0.05, 0.1) is 14.2 Å². The quantitative estimate of drug-likeness (QED) is 0.0117. The molecule has 1 aliphatic rings. The predicted molar refractivity (Wildman–Crippen MR) is 376 cm³/mol. The third kappa shape index (κ3) is 28.6. The highest BCUT2D eigenvalue weighted by Crippen LogP contribution is 2.42. The van der Waals surface area contributed by atoms with Crippen molar-refractivity contribution in [3.05, 3.63) is 140 Å².